The fourth-order valence-electron chi connectivity index (χ4n) is 3.04. The lowest BCUT2D eigenvalue weighted by atomic mass is 10.2. The standard InChI is InChI=1S/C19H19N9O10S4/c1-8(29)22-10-6-13(27-28-16-17(20)23-19(39-2)24-18(16)21)15(42(36,37)38)7-11(10)25-26-12-5-9(40(30,31)32)3-4-14(12)41(33,34)35/h3-7H,1-2H3,(H,22,29)(H,30,31,32)(H,33,34,35)(H,36,37,38)(H4,20,21,23,24). The van der Waals surface area contributed by atoms with Crippen LogP contribution in [0.4, 0.5) is 40.1 Å². The molecule has 0 aliphatic rings. The van der Waals surface area contributed by atoms with Gasteiger partial charge < -0.3 is 16.8 Å². The minimum absolute atomic E-state index is 0.210. The number of azo groups is 2. The van der Waals surface area contributed by atoms with Gasteiger partial charge in [-0.25, -0.2) is 9.97 Å². The fourth-order valence-corrected chi connectivity index (χ4v) is 5.15. The van der Waals surface area contributed by atoms with Gasteiger partial charge in [-0.3, -0.25) is 18.5 Å². The number of nitrogens with two attached hydrogens (primary N) is 2. The van der Waals surface area contributed by atoms with Crippen LogP contribution in [0, 0.1) is 0 Å². The van der Waals surface area contributed by atoms with Gasteiger partial charge in [0.1, 0.15) is 26.9 Å². The summed E-state index contributed by atoms with van der Waals surface area (Å²) in [4.78, 5) is 17.0. The molecular weight excluding hydrogens is 643 g/mol. The van der Waals surface area contributed by atoms with Gasteiger partial charge in [0, 0.05) is 6.92 Å². The van der Waals surface area contributed by atoms with Gasteiger partial charge >= 0.3 is 0 Å². The molecule has 2 aromatic carbocycles. The molecule has 3 rings (SSSR count). The molecule has 42 heavy (non-hydrogen) atoms. The Morgan fingerprint density at radius 2 is 1.31 bits per heavy atom. The van der Waals surface area contributed by atoms with E-state index in [2.05, 4.69) is 35.7 Å². The molecule has 0 atom stereocenters. The van der Waals surface area contributed by atoms with Crippen molar-refractivity contribution in [2.75, 3.05) is 23.0 Å². The summed E-state index contributed by atoms with van der Waals surface area (Å²) in [6, 6.07) is 3.38. The van der Waals surface area contributed by atoms with E-state index in [-0.39, 0.29) is 28.2 Å². The lowest BCUT2D eigenvalue weighted by Crippen LogP contribution is -2.07. The lowest BCUT2D eigenvalue weighted by molar-refractivity contribution is -0.114. The number of nitrogens with one attached hydrogen (secondary N) is 1. The van der Waals surface area contributed by atoms with Gasteiger partial charge in [0.25, 0.3) is 30.4 Å². The topological polar surface area (TPSA) is 319 Å². The number of amides is 1. The highest BCUT2D eigenvalue weighted by atomic mass is 32.2. The van der Waals surface area contributed by atoms with Crippen LogP contribution in [-0.4, -0.2) is 61.0 Å². The van der Waals surface area contributed by atoms with Gasteiger partial charge in [0.15, 0.2) is 22.5 Å². The van der Waals surface area contributed by atoms with Crippen LogP contribution in [0.1, 0.15) is 6.92 Å². The summed E-state index contributed by atoms with van der Waals surface area (Å²) in [5.41, 5.74) is 9.19. The van der Waals surface area contributed by atoms with E-state index in [0.29, 0.717) is 24.3 Å². The smallest absolute Gasteiger partial charge is 0.296 e. The van der Waals surface area contributed by atoms with E-state index < -0.39 is 68.0 Å². The Hall–Kier alpha value is -4.13. The molecule has 23 heteroatoms. The molecule has 0 fully saturated rings. The van der Waals surface area contributed by atoms with Gasteiger partial charge in [-0.05, 0) is 36.6 Å². The summed E-state index contributed by atoms with van der Waals surface area (Å²) >= 11 is 1.13. The van der Waals surface area contributed by atoms with Gasteiger partial charge in [-0.1, -0.05) is 11.8 Å². The number of anilines is 3. The van der Waals surface area contributed by atoms with E-state index in [1.165, 1.54) is 0 Å². The monoisotopic (exact) mass is 661 g/mol. The third-order valence-electron chi connectivity index (χ3n) is 4.80. The molecule has 224 valence electrons. The van der Waals surface area contributed by atoms with Crippen molar-refractivity contribution in [1.82, 2.24) is 9.97 Å². The third-order valence-corrected chi connectivity index (χ3v) is 7.98. The summed E-state index contributed by atoms with van der Waals surface area (Å²) in [7, 11) is -15.0. The molecule has 1 heterocycles. The van der Waals surface area contributed by atoms with Crippen molar-refractivity contribution >= 4 is 88.1 Å². The molecule has 0 radical (unpaired) electrons. The zero-order valence-corrected chi connectivity index (χ0v) is 24.3. The molecule has 0 spiro atoms. The zero-order chi connectivity index (χ0) is 31.6. The second-order valence-corrected chi connectivity index (χ2v) is 12.8. The molecule has 0 unspecified atom stereocenters. The molecule has 0 aliphatic carbocycles. The SMILES string of the molecule is CSc1nc(N)c(N=Nc2cc(NC(C)=O)c(N=Nc3cc(S(=O)(=O)O)ccc3S(=O)(=O)O)cc2S(=O)(=O)O)c(N)n1. The lowest BCUT2D eigenvalue weighted by Gasteiger charge is -2.10. The molecular formula is C19H19N9O10S4. The molecule has 19 nitrogen and oxygen atoms in total. The Bertz CT molecular complexity index is 1960. The Balaban J connectivity index is 2.26. The second-order valence-electron chi connectivity index (χ2n) is 7.80. The van der Waals surface area contributed by atoms with Crippen molar-refractivity contribution in [3.8, 4) is 0 Å². The number of carbonyl (C=O) groups is 1. The largest absolute Gasteiger partial charge is 0.382 e. The van der Waals surface area contributed by atoms with E-state index in [1.54, 1.807) is 6.26 Å². The molecule has 1 aromatic heterocycles. The number of aromatic nitrogens is 2. The average Bonchev–Trinajstić information content (AvgIpc) is 2.85. The Kier molecular flexibility index (Phi) is 9.25. The minimum atomic E-state index is -5.09. The van der Waals surface area contributed by atoms with E-state index in [1.807, 2.05) is 0 Å². The van der Waals surface area contributed by atoms with Crippen LogP contribution in [0.25, 0.3) is 0 Å². The number of nitrogen functional groups attached to an aromatic ring is 2. The molecule has 1 amide bonds. The molecule has 0 saturated heterocycles. The van der Waals surface area contributed by atoms with Crippen molar-refractivity contribution in [3.63, 3.8) is 0 Å². The van der Waals surface area contributed by atoms with Gasteiger partial charge in [-0.15, -0.1) is 20.5 Å². The van der Waals surface area contributed by atoms with Crippen molar-refractivity contribution in [1.29, 1.82) is 0 Å². The summed E-state index contributed by atoms with van der Waals surface area (Å²) < 4.78 is 99.5. The highest BCUT2D eigenvalue weighted by Crippen LogP contribution is 2.39. The predicted molar refractivity (Wildman–Crippen MR) is 148 cm³/mol. The highest BCUT2D eigenvalue weighted by molar-refractivity contribution is 7.98. The van der Waals surface area contributed by atoms with Crippen molar-refractivity contribution in [2.24, 2.45) is 20.5 Å². The summed E-state index contributed by atoms with van der Waals surface area (Å²) in [6.07, 6.45) is 1.66. The number of nitrogens with zero attached hydrogens (tertiary/aromatic N) is 6. The van der Waals surface area contributed by atoms with Crippen LogP contribution in [0.5, 0.6) is 0 Å². The quantitative estimate of drug-likeness (QED) is 0.0830. The summed E-state index contributed by atoms with van der Waals surface area (Å²) in [5.74, 6) is -1.13. The minimum Gasteiger partial charge on any atom is -0.382 e. The van der Waals surface area contributed by atoms with Gasteiger partial charge in [0.05, 0.1) is 10.6 Å². The number of benzene rings is 2. The van der Waals surface area contributed by atoms with E-state index >= 15 is 0 Å². The third kappa shape index (κ3) is 7.78. The number of hydrogen-bond acceptors (Lipinski definition) is 16. The number of carbonyl (C=O) groups excluding carboxylic acids is 1. The molecule has 0 saturated carbocycles. The van der Waals surface area contributed by atoms with Crippen molar-refractivity contribution in [3.05, 3.63) is 30.3 Å². The Labute approximate surface area is 241 Å². The average molecular weight is 662 g/mol. The first kappa shape index (κ1) is 32.4. The van der Waals surface area contributed by atoms with Crippen molar-refractivity contribution in [2.45, 2.75) is 26.8 Å². The number of hydrogen-bond donors (Lipinski definition) is 6. The van der Waals surface area contributed by atoms with Crippen LogP contribution in [0.15, 0.2) is 70.6 Å². The van der Waals surface area contributed by atoms with Crippen LogP contribution in [-0.2, 0) is 35.1 Å². The van der Waals surface area contributed by atoms with E-state index in [4.69, 9.17) is 11.5 Å². The first-order valence-corrected chi connectivity index (χ1v) is 16.2. The van der Waals surface area contributed by atoms with Gasteiger partial charge in [0.2, 0.25) is 5.91 Å². The fraction of sp³-hybridized carbons (Fsp3) is 0.105. The first-order valence-electron chi connectivity index (χ1n) is 10.6. The number of thioether (sulfide) groups is 1. The Morgan fingerprint density at radius 1 is 0.786 bits per heavy atom. The summed E-state index contributed by atoms with van der Waals surface area (Å²) in [5, 5.41) is 17.2. The second kappa shape index (κ2) is 12.0. The first-order chi connectivity index (χ1) is 19.3. The summed E-state index contributed by atoms with van der Waals surface area (Å²) in [6.45, 7) is 1.07. The van der Waals surface area contributed by atoms with Crippen molar-refractivity contribution < 1.29 is 43.7 Å². The highest BCUT2D eigenvalue weighted by Gasteiger charge is 2.23. The van der Waals surface area contributed by atoms with Crippen LogP contribution in [0.2, 0.25) is 0 Å². The molecule has 0 aliphatic heterocycles. The van der Waals surface area contributed by atoms with Crippen LogP contribution in [0.3, 0.4) is 0 Å². The molecule has 8 N–H and O–H groups in total. The normalized spacial score (nSPS) is 12.7. The van der Waals surface area contributed by atoms with Crippen LogP contribution < -0.4 is 16.8 Å². The maximum atomic E-state index is 12.2. The maximum Gasteiger partial charge on any atom is 0.296 e. The number of rotatable bonds is 9. The van der Waals surface area contributed by atoms with E-state index in [0.717, 1.165) is 24.8 Å². The van der Waals surface area contributed by atoms with E-state index in [9.17, 15) is 43.7 Å². The Morgan fingerprint density at radius 3 is 1.81 bits per heavy atom. The maximum absolute atomic E-state index is 12.2. The zero-order valence-electron chi connectivity index (χ0n) is 21.1. The predicted octanol–water partition coefficient (Wildman–Crippen LogP) is 2.89. The van der Waals surface area contributed by atoms with Gasteiger partial charge in [-0.2, -0.15) is 25.3 Å². The molecule has 0 bridgehead atoms. The molecule has 3 aromatic rings. The van der Waals surface area contributed by atoms with Crippen LogP contribution >= 0.6 is 11.8 Å².